The molecule has 0 N–H and O–H groups in total. The molecule has 1 aromatic carbocycles. The molecule has 20 heavy (non-hydrogen) atoms. The van der Waals surface area contributed by atoms with Crippen LogP contribution in [0.2, 0.25) is 0 Å². The first-order chi connectivity index (χ1) is 9.72. The van der Waals surface area contributed by atoms with Crippen LogP contribution in [0.5, 0.6) is 0 Å². The van der Waals surface area contributed by atoms with E-state index in [9.17, 15) is 4.79 Å². The highest BCUT2D eigenvalue weighted by Gasteiger charge is 2.23. The zero-order valence-corrected chi connectivity index (χ0v) is 12.3. The summed E-state index contributed by atoms with van der Waals surface area (Å²) in [7, 11) is 0. The van der Waals surface area contributed by atoms with E-state index in [0.717, 1.165) is 38.5 Å². The molecule has 1 aromatic rings. The van der Waals surface area contributed by atoms with E-state index in [1.165, 1.54) is 24.0 Å². The van der Waals surface area contributed by atoms with Gasteiger partial charge in [0.05, 0.1) is 6.54 Å². The molecule has 3 heteroatoms. The Morgan fingerprint density at radius 1 is 1.15 bits per heavy atom. The number of hydrogen-bond donors (Lipinski definition) is 0. The lowest BCUT2D eigenvalue weighted by molar-refractivity contribution is -0.133. The second-order valence-corrected chi connectivity index (χ2v) is 6.29. The summed E-state index contributed by atoms with van der Waals surface area (Å²) in [4.78, 5) is 16.8. The molecule has 3 nitrogen and oxygen atoms in total. The molecule has 2 heterocycles. The molecule has 0 aliphatic carbocycles. The van der Waals surface area contributed by atoms with Crippen molar-refractivity contribution in [2.45, 2.75) is 32.7 Å². The lowest BCUT2D eigenvalue weighted by Crippen LogP contribution is -2.44. The predicted molar refractivity (Wildman–Crippen MR) is 80.4 cm³/mol. The average Bonchev–Trinajstić information content (AvgIpc) is 2.49. The van der Waals surface area contributed by atoms with Crippen LogP contribution in [0.3, 0.4) is 0 Å². The molecule has 0 unspecified atom stereocenters. The molecule has 1 amide bonds. The SMILES string of the molecule is CC1CCN(CC(=O)N2CCc3ccccc3C2)CC1. The van der Waals surface area contributed by atoms with Crippen LogP contribution in [0.1, 0.15) is 30.9 Å². The lowest BCUT2D eigenvalue weighted by atomic mass is 9.98. The van der Waals surface area contributed by atoms with Crippen molar-refractivity contribution in [1.82, 2.24) is 9.80 Å². The molecule has 0 aromatic heterocycles. The number of piperidine rings is 1. The maximum Gasteiger partial charge on any atom is 0.237 e. The van der Waals surface area contributed by atoms with Crippen molar-refractivity contribution < 1.29 is 4.79 Å². The summed E-state index contributed by atoms with van der Waals surface area (Å²) in [6.45, 7) is 6.74. The van der Waals surface area contributed by atoms with E-state index in [1.807, 2.05) is 4.90 Å². The minimum Gasteiger partial charge on any atom is -0.337 e. The largest absolute Gasteiger partial charge is 0.337 e. The van der Waals surface area contributed by atoms with Crippen molar-refractivity contribution >= 4 is 5.91 Å². The minimum atomic E-state index is 0.300. The zero-order valence-electron chi connectivity index (χ0n) is 12.3. The maximum atomic E-state index is 12.4. The molecule has 3 rings (SSSR count). The number of fused-ring (bicyclic) bond motifs is 1. The Labute approximate surface area is 121 Å². The molecule has 2 aliphatic rings. The van der Waals surface area contributed by atoms with E-state index in [4.69, 9.17) is 0 Å². The Morgan fingerprint density at radius 3 is 2.60 bits per heavy atom. The Morgan fingerprint density at radius 2 is 1.85 bits per heavy atom. The number of likely N-dealkylation sites (tertiary alicyclic amines) is 1. The van der Waals surface area contributed by atoms with E-state index < -0.39 is 0 Å². The van der Waals surface area contributed by atoms with Crippen molar-refractivity contribution in [3.05, 3.63) is 35.4 Å². The molecular formula is C17H24N2O. The van der Waals surface area contributed by atoms with Crippen LogP contribution < -0.4 is 0 Å². The van der Waals surface area contributed by atoms with Gasteiger partial charge in [-0.1, -0.05) is 31.2 Å². The number of carbonyl (C=O) groups is 1. The van der Waals surface area contributed by atoms with Crippen LogP contribution in [0.15, 0.2) is 24.3 Å². The molecule has 0 saturated carbocycles. The minimum absolute atomic E-state index is 0.300. The monoisotopic (exact) mass is 272 g/mol. The fourth-order valence-electron chi connectivity index (χ4n) is 3.22. The molecule has 1 fully saturated rings. The summed E-state index contributed by atoms with van der Waals surface area (Å²) in [6.07, 6.45) is 3.46. The predicted octanol–water partition coefficient (Wildman–Crippen LogP) is 2.30. The molecule has 0 radical (unpaired) electrons. The van der Waals surface area contributed by atoms with Crippen molar-refractivity contribution in [2.24, 2.45) is 5.92 Å². The third kappa shape index (κ3) is 3.04. The van der Waals surface area contributed by atoms with Gasteiger partial charge in [-0.2, -0.15) is 0 Å². The van der Waals surface area contributed by atoms with Crippen molar-refractivity contribution in [1.29, 1.82) is 0 Å². The number of nitrogens with zero attached hydrogens (tertiary/aromatic N) is 2. The van der Waals surface area contributed by atoms with Gasteiger partial charge in [0.1, 0.15) is 0 Å². The fourth-order valence-corrected chi connectivity index (χ4v) is 3.22. The van der Waals surface area contributed by atoms with Gasteiger partial charge in [-0.05, 0) is 49.4 Å². The van der Waals surface area contributed by atoms with E-state index in [1.54, 1.807) is 0 Å². The zero-order chi connectivity index (χ0) is 13.9. The molecule has 1 saturated heterocycles. The lowest BCUT2D eigenvalue weighted by Gasteiger charge is -2.33. The summed E-state index contributed by atoms with van der Waals surface area (Å²) in [6, 6.07) is 8.49. The topological polar surface area (TPSA) is 23.6 Å². The number of rotatable bonds is 2. The maximum absolute atomic E-state index is 12.4. The first-order valence-electron chi connectivity index (χ1n) is 7.79. The summed E-state index contributed by atoms with van der Waals surface area (Å²) in [5.74, 6) is 1.12. The second kappa shape index (κ2) is 5.96. The van der Waals surface area contributed by atoms with Crippen molar-refractivity contribution in [3.8, 4) is 0 Å². The van der Waals surface area contributed by atoms with Gasteiger partial charge in [0, 0.05) is 13.1 Å². The van der Waals surface area contributed by atoms with Crippen LogP contribution >= 0.6 is 0 Å². The fraction of sp³-hybridized carbons (Fsp3) is 0.588. The standard InChI is InChI=1S/C17H24N2O/c1-14-6-9-18(10-7-14)13-17(20)19-11-8-15-4-2-3-5-16(15)12-19/h2-5,14H,6-13H2,1H3. The average molecular weight is 272 g/mol. The van der Waals surface area contributed by atoms with Crippen LogP contribution in [0.25, 0.3) is 0 Å². The van der Waals surface area contributed by atoms with E-state index in [0.29, 0.717) is 12.5 Å². The Kier molecular flexibility index (Phi) is 4.06. The van der Waals surface area contributed by atoms with Gasteiger partial charge in [0.25, 0.3) is 0 Å². The van der Waals surface area contributed by atoms with Gasteiger partial charge in [-0.3, -0.25) is 9.69 Å². The van der Waals surface area contributed by atoms with Gasteiger partial charge in [0.15, 0.2) is 0 Å². The van der Waals surface area contributed by atoms with Gasteiger partial charge >= 0.3 is 0 Å². The summed E-state index contributed by atoms with van der Waals surface area (Å²) in [5, 5.41) is 0. The molecule has 2 aliphatic heterocycles. The molecule has 0 spiro atoms. The van der Waals surface area contributed by atoms with Gasteiger partial charge in [0.2, 0.25) is 5.91 Å². The summed E-state index contributed by atoms with van der Waals surface area (Å²) >= 11 is 0. The Balaban J connectivity index is 1.56. The molecule has 0 atom stereocenters. The number of hydrogen-bond acceptors (Lipinski definition) is 2. The first-order valence-corrected chi connectivity index (χ1v) is 7.79. The van der Waals surface area contributed by atoms with E-state index in [2.05, 4.69) is 36.1 Å². The first kappa shape index (κ1) is 13.6. The van der Waals surface area contributed by atoms with E-state index in [-0.39, 0.29) is 0 Å². The van der Waals surface area contributed by atoms with Crippen molar-refractivity contribution in [2.75, 3.05) is 26.2 Å². The quantitative estimate of drug-likeness (QED) is 0.825. The smallest absolute Gasteiger partial charge is 0.237 e. The molecular weight excluding hydrogens is 248 g/mol. The van der Waals surface area contributed by atoms with Crippen LogP contribution in [0.4, 0.5) is 0 Å². The second-order valence-electron chi connectivity index (χ2n) is 6.29. The Bertz CT molecular complexity index is 478. The van der Waals surface area contributed by atoms with Crippen LogP contribution in [0, 0.1) is 5.92 Å². The third-order valence-electron chi connectivity index (χ3n) is 4.72. The summed E-state index contributed by atoms with van der Waals surface area (Å²) < 4.78 is 0. The normalized spacial score (nSPS) is 20.8. The van der Waals surface area contributed by atoms with Gasteiger partial charge in [-0.15, -0.1) is 0 Å². The highest BCUT2D eigenvalue weighted by Crippen LogP contribution is 2.20. The third-order valence-corrected chi connectivity index (χ3v) is 4.72. The molecule has 108 valence electrons. The Hall–Kier alpha value is -1.35. The molecule has 0 bridgehead atoms. The van der Waals surface area contributed by atoms with E-state index >= 15 is 0 Å². The van der Waals surface area contributed by atoms with Gasteiger partial charge < -0.3 is 4.90 Å². The summed E-state index contributed by atoms with van der Waals surface area (Å²) in [5.41, 5.74) is 2.72. The van der Waals surface area contributed by atoms with Gasteiger partial charge in [-0.25, -0.2) is 0 Å². The van der Waals surface area contributed by atoms with Crippen LogP contribution in [-0.4, -0.2) is 41.9 Å². The highest BCUT2D eigenvalue weighted by molar-refractivity contribution is 5.78. The number of amides is 1. The van der Waals surface area contributed by atoms with Crippen LogP contribution in [-0.2, 0) is 17.8 Å². The number of benzene rings is 1. The number of carbonyl (C=O) groups excluding carboxylic acids is 1. The highest BCUT2D eigenvalue weighted by atomic mass is 16.2. The van der Waals surface area contributed by atoms with Crippen molar-refractivity contribution in [3.63, 3.8) is 0 Å².